The van der Waals surface area contributed by atoms with Gasteiger partial charge in [-0.3, -0.25) is 4.79 Å². The highest BCUT2D eigenvalue weighted by Gasteiger charge is 2.25. The Kier molecular flexibility index (Phi) is 6.29. The Labute approximate surface area is 156 Å². The van der Waals surface area contributed by atoms with Gasteiger partial charge in [-0.1, -0.05) is 31.2 Å². The van der Waals surface area contributed by atoms with E-state index in [2.05, 4.69) is 23.2 Å². The molecule has 1 atom stereocenters. The Morgan fingerprint density at radius 2 is 2.00 bits per heavy atom. The molecular formula is C22H28N2O2. The molecule has 1 aliphatic rings. The zero-order valence-corrected chi connectivity index (χ0v) is 15.7. The summed E-state index contributed by atoms with van der Waals surface area (Å²) in [6, 6.07) is 16.0. The molecule has 0 unspecified atom stereocenters. The first kappa shape index (κ1) is 18.5. The fraction of sp³-hybridized carbons (Fsp3) is 0.409. The van der Waals surface area contributed by atoms with Crippen molar-refractivity contribution in [3.8, 4) is 16.9 Å². The average Bonchev–Trinajstić information content (AvgIpc) is 2.69. The zero-order valence-electron chi connectivity index (χ0n) is 15.7. The molecule has 1 saturated heterocycles. The number of ether oxygens (including phenoxy) is 1. The van der Waals surface area contributed by atoms with Crippen molar-refractivity contribution in [3.05, 3.63) is 48.5 Å². The van der Waals surface area contributed by atoms with E-state index < -0.39 is 0 Å². The monoisotopic (exact) mass is 352 g/mol. The lowest BCUT2D eigenvalue weighted by Crippen LogP contribution is -2.40. The third kappa shape index (κ3) is 4.64. The van der Waals surface area contributed by atoms with Crippen molar-refractivity contribution < 1.29 is 9.53 Å². The second-order valence-electron chi connectivity index (χ2n) is 6.94. The van der Waals surface area contributed by atoms with Crippen LogP contribution in [0.25, 0.3) is 11.1 Å². The molecule has 1 fully saturated rings. The molecule has 4 nitrogen and oxygen atoms in total. The van der Waals surface area contributed by atoms with Crippen LogP contribution in [0, 0.1) is 5.92 Å². The number of carbonyl (C=O) groups excluding carboxylic acids is 1. The molecule has 0 saturated carbocycles. The minimum atomic E-state index is 0.0911. The van der Waals surface area contributed by atoms with E-state index in [0.29, 0.717) is 0 Å². The van der Waals surface area contributed by atoms with Crippen LogP contribution in [0.4, 0.5) is 5.69 Å². The van der Waals surface area contributed by atoms with Crippen molar-refractivity contribution in [2.75, 3.05) is 32.1 Å². The summed E-state index contributed by atoms with van der Waals surface area (Å²) in [5, 5.41) is 3.09. The van der Waals surface area contributed by atoms with Crippen LogP contribution in [0.5, 0.6) is 5.75 Å². The number of nitrogens with zero attached hydrogens (tertiary/aromatic N) is 1. The van der Waals surface area contributed by atoms with E-state index in [1.807, 2.05) is 42.5 Å². The van der Waals surface area contributed by atoms with Crippen molar-refractivity contribution in [2.24, 2.45) is 5.92 Å². The standard InChI is InChI=1S/C22H28N2O2/c1-3-13-24-14-5-7-19(16-24)22(25)23-20-11-9-17(10-12-20)18-6-4-8-21(15-18)26-2/h4,6,8-12,15,19H,3,5,7,13-14,16H2,1-2H3,(H,23,25)/t19-/m1/s1. The number of amides is 1. The Morgan fingerprint density at radius 1 is 1.19 bits per heavy atom. The van der Waals surface area contributed by atoms with Crippen LogP contribution in [0.2, 0.25) is 0 Å². The van der Waals surface area contributed by atoms with Crippen LogP contribution in [-0.2, 0) is 4.79 Å². The summed E-state index contributed by atoms with van der Waals surface area (Å²) in [5.74, 6) is 1.07. The van der Waals surface area contributed by atoms with Gasteiger partial charge in [0, 0.05) is 12.2 Å². The average molecular weight is 352 g/mol. The van der Waals surface area contributed by atoms with Crippen molar-refractivity contribution >= 4 is 11.6 Å². The summed E-state index contributed by atoms with van der Waals surface area (Å²) in [6.45, 7) is 5.26. The number of hydrogen-bond donors (Lipinski definition) is 1. The molecule has 138 valence electrons. The number of likely N-dealkylation sites (tertiary alicyclic amines) is 1. The molecule has 0 aromatic heterocycles. The van der Waals surface area contributed by atoms with Crippen LogP contribution in [0.15, 0.2) is 48.5 Å². The SMILES string of the molecule is CCCN1CCC[C@@H](C(=O)Nc2ccc(-c3cccc(OC)c3)cc2)C1. The van der Waals surface area contributed by atoms with Crippen LogP contribution in [-0.4, -0.2) is 37.6 Å². The van der Waals surface area contributed by atoms with Gasteiger partial charge in [0.25, 0.3) is 0 Å². The maximum atomic E-state index is 12.6. The number of hydrogen-bond acceptors (Lipinski definition) is 3. The summed E-state index contributed by atoms with van der Waals surface area (Å²) < 4.78 is 5.28. The lowest BCUT2D eigenvalue weighted by Gasteiger charge is -2.31. The number of nitrogens with one attached hydrogen (secondary N) is 1. The van der Waals surface area contributed by atoms with Gasteiger partial charge in [0.2, 0.25) is 5.91 Å². The van der Waals surface area contributed by atoms with Gasteiger partial charge < -0.3 is 15.0 Å². The molecule has 4 heteroatoms. The molecule has 1 amide bonds. The van der Waals surface area contributed by atoms with Gasteiger partial charge >= 0.3 is 0 Å². The fourth-order valence-electron chi connectivity index (χ4n) is 3.58. The Balaban J connectivity index is 1.62. The summed E-state index contributed by atoms with van der Waals surface area (Å²) in [6.07, 6.45) is 3.22. The van der Waals surface area contributed by atoms with Gasteiger partial charge in [0.1, 0.15) is 5.75 Å². The minimum absolute atomic E-state index is 0.0911. The van der Waals surface area contributed by atoms with E-state index >= 15 is 0 Å². The third-order valence-corrected chi connectivity index (χ3v) is 4.97. The molecule has 1 N–H and O–H groups in total. The number of piperidine rings is 1. The van der Waals surface area contributed by atoms with Gasteiger partial charge in [-0.25, -0.2) is 0 Å². The lowest BCUT2D eigenvalue weighted by molar-refractivity contribution is -0.121. The predicted molar refractivity (Wildman–Crippen MR) is 107 cm³/mol. The van der Waals surface area contributed by atoms with Gasteiger partial charge in [0.15, 0.2) is 0 Å². The van der Waals surface area contributed by atoms with Crippen LogP contribution < -0.4 is 10.1 Å². The van der Waals surface area contributed by atoms with E-state index in [4.69, 9.17) is 4.74 Å². The summed E-state index contributed by atoms with van der Waals surface area (Å²) >= 11 is 0. The van der Waals surface area contributed by atoms with Crippen LogP contribution >= 0.6 is 0 Å². The Morgan fingerprint density at radius 3 is 2.73 bits per heavy atom. The largest absolute Gasteiger partial charge is 0.497 e. The minimum Gasteiger partial charge on any atom is -0.497 e. The van der Waals surface area contributed by atoms with Crippen molar-refractivity contribution in [1.29, 1.82) is 0 Å². The smallest absolute Gasteiger partial charge is 0.228 e. The van der Waals surface area contributed by atoms with Crippen molar-refractivity contribution in [2.45, 2.75) is 26.2 Å². The normalized spacial score (nSPS) is 17.7. The first-order valence-corrected chi connectivity index (χ1v) is 9.47. The quantitative estimate of drug-likeness (QED) is 0.836. The maximum Gasteiger partial charge on any atom is 0.228 e. The van der Waals surface area contributed by atoms with E-state index in [9.17, 15) is 4.79 Å². The molecule has 1 heterocycles. The molecule has 26 heavy (non-hydrogen) atoms. The van der Waals surface area contributed by atoms with Gasteiger partial charge in [-0.05, 0) is 67.7 Å². The first-order chi connectivity index (χ1) is 12.7. The highest BCUT2D eigenvalue weighted by Crippen LogP contribution is 2.25. The second kappa shape index (κ2) is 8.86. The maximum absolute atomic E-state index is 12.6. The second-order valence-corrected chi connectivity index (χ2v) is 6.94. The van der Waals surface area contributed by atoms with E-state index in [1.165, 1.54) is 0 Å². The highest BCUT2D eigenvalue weighted by atomic mass is 16.5. The molecular weight excluding hydrogens is 324 g/mol. The fourth-order valence-corrected chi connectivity index (χ4v) is 3.58. The molecule has 2 aromatic rings. The number of rotatable bonds is 6. The summed E-state index contributed by atoms with van der Waals surface area (Å²) in [7, 11) is 1.67. The number of benzene rings is 2. The number of anilines is 1. The lowest BCUT2D eigenvalue weighted by atomic mass is 9.97. The highest BCUT2D eigenvalue weighted by molar-refractivity contribution is 5.93. The van der Waals surface area contributed by atoms with Crippen molar-refractivity contribution in [3.63, 3.8) is 0 Å². The number of methoxy groups -OCH3 is 1. The van der Waals surface area contributed by atoms with E-state index in [1.54, 1.807) is 7.11 Å². The molecule has 0 bridgehead atoms. The van der Waals surface area contributed by atoms with E-state index in [0.717, 1.165) is 61.5 Å². The predicted octanol–water partition coefficient (Wildman–Crippen LogP) is 4.42. The Bertz CT molecular complexity index is 725. The van der Waals surface area contributed by atoms with Crippen LogP contribution in [0.3, 0.4) is 0 Å². The Hall–Kier alpha value is -2.33. The molecule has 0 spiro atoms. The summed E-state index contributed by atoms with van der Waals surface area (Å²) in [4.78, 5) is 15.0. The summed E-state index contributed by atoms with van der Waals surface area (Å²) in [5.41, 5.74) is 3.06. The molecule has 0 radical (unpaired) electrons. The molecule has 0 aliphatic carbocycles. The van der Waals surface area contributed by atoms with Crippen molar-refractivity contribution in [1.82, 2.24) is 4.90 Å². The molecule has 2 aromatic carbocycles. The molecule has 3 rings (SSSR count). The van der Waals surface area contributed by atoms with Gasteiger partial charge in [-0.2, -0.15) is 0 Å². The van der Waals surface area contributed by atoms with Gasteiger partial charge in [0.05, 0.1) is 13.0 Å². The van der Waals surface area contributed by atoms with Gasteiger partial charge in [-0.15, -0.1) is 0 Å². The zero-order chi connectivity index (χ0) is 18.4. The van der Waals surface area contributed by atoms with Crippen LogP contribution in [0.1, 0.15) is 26.2 Å². The number of carbonyl (C=O) groups is 1. The van der Waals surface area contributed by atoms with E-state index in [-0.39, 0.29) is 11.8 Å². The third-order valence-electron chi connectivity index (χ3n) is 4.97. The molecule has 1 aliphatic heterocycles. The first-order valence-electron chi connectivity index (χ1n) is 9.47. The topological polar surface area (TPSA) is 41.6 Å².